The number of carbonyl (C=O) groups excluding carboxylic acids is 2. The van der Waals surface area contributed by atoms with Crippen molar-refractivity contribution in [3.63, 3.8) is 0 Å². The average molecular weight is 409 g/mol. The van der Waals surface area contributed by atoms with Gasteiger partial charge in [0.2, 0.25) is 0 Å². The van der Waals surface area contributed by atoms with Crippen molar-refractivity contribution >= 4 is 28.2 Å². The molecule has 1 aliphatic rings. The number of nitrogens with two attached hydrogens (primary N) is 1. The molecule has 7 heteroatoms. The summed E-state index contributed by atoms with van der Waals surface area (Å²) in [6, 6.07) is 9.69. The summed E-state index contributed by atoms with van der Waals surface area (Å²) in [7, 11) is 0. The number of amides is 2. The molecule has 1 aromatic carbocycles. The van der Waals surface area contributed by atoms with Crippen molar-refractivity contribution < 1.29 is 9.59 Å². The van der Waals surface area contributed by atoms with Crippen molar-refractivity contribution in [2.75, 3.05) is 5.32 Å². The van der Waals surface area contributed by atoms with Crippen LogP contribution in [0.3, 0.4) is 0 Å². The Morgan fingerprint density at radius 3 is 2.62 bits per heavy atom. The highest BCUT2D eigenvalue weighted by atomic mass is 32.1. The second-order valence-corrected chi connectivity index (χ2v) is 8.77. The highest BCUT2D eigenvalue weighted by Gasteiger charge is 2.28. The Morgan fingerprint density at radius 2 is 1.93 bits per heavy atom. The van der Waals surface area contributed by atoms with Gasteiger partial charge in [0.05, 0.1) is 28.2 Å². The smallest absolute Gasteiger partial charge is 0.260 e. The van der Waals surface area contributed by atoms with Gasteiger partial charge in [-0.05, 0) is 56.7 Å². The molecular weight excluding hydrogens is 384 g/mol. The molecule has 0 radical (unpaired) electrons. The van der Waals surface area contributed by atoms with Gasteiger partial charge in [-0.15, -0.1) is 11.3 Å². The molecule has 3 N–H and O–H groups in total. The number of thiophene rings is 1. The van der Waals surface area contributed by atoms with Crippen LogP contribution in [-0.2, 0) is 12.8 Å². The Kier molecular flexibility index (Phi) is 5.00. The van der Waals surface area contributed by atoms with Crippen molar-refractivity contribution in [1.82, 2.24) is 9.78 Å². The molecule has 0 unspecified atom stereocenters. The summed E-state index contributed by atoms with van der Waals surface area (Å²) in [5.74, 6) is -0.184. The lowest BCUT2D eigenvalue weighted by Gasteiger charge is -2.18. The highest BCUT2D eigenvalue weighted by Crippen LogP contribution is 2.39. The van der Waals surface area contributed by atoms with Gasteiger partial charge < -0.3 is 11.1 Å². The predicted molar refractivity (Wildman–Crippen MR) is 115 cm³/mol. The van der Waals surface area contributed by atoms with E-state index in [1.165, 1.54) is 11.3 Å². The Hall–Kier alpha value is -2.93. The minimum atomic E-state index is -0.485. The van der Waals surface area contributed by atoms with E-state index in [0.717, 1.165) is 41.1 Å². The van der Waals surface area contributed by atoms with E-state index in [1.807, 2.05) is 44.2 Å². The van der Waals surface area contributed by atoms with Crippen LogP contribution < -0.4 is 11.1 Å². The zero-order chi connectivity index (χ0) is 20.7. The number of aryl methyl sites for hydroxylation is 1. The molecular formula is C22H24N4O2S. The van der Waals surface area contributed by atoms with Gasteiger partial charge in [0.1, 0.15) is 5.00 Å². The standard InChI is InChI=1S/C22H24N4O2S/c1-12-9-10-16-17(11-12)29-22(19(16)20(23)27)24-21(28)18-13(2)25-26(14(18)3)15-7-5-4-6-8-15/h4-8,12H,9-11H2,1-3H3,(H2,23,27)(H,24,28)/t12-/m0/s1. The van der Waals surface area contributed by atoms with E-state index >= 15 is 0 Å². The van der Waals surface area contributed by atoms with Crippen LogP contribution in [0.5, 0.6) is 0 Å². The number of rotatable bonds is 4. The molecule has 4 rings (SSSR count). The maximum absolute atomic E-state index is 13.1. The lowest BCUT2D eigenvalue weighted by Crippen LogP contribution is -2.20. The van der Waals surface area contributed by atoms with Crippen LogP contribution in [0.25, 0.3) is 5.69 Å². The Morgan fingerprint density at radius 1 is 1.21 bits per heavy atom. The fraction of sp³-hybridized carbons (Fsp3) is 0.318. The van der Waals surface area contributed by atoms with E-state index in [1.54, 1.807) is 4.68 Å². The van der Waals surface area contributed by atoms with Gasteiger partial charge in [0.25, 0.3) is 11.8 Å². The number of carbonyl (C=O) groups is 2. The molecule has 29 heavy (non-hydrogen) atoms. The Labute approximate surface area is 173 Å². The molecule has 6 nitrogen and oxygen atoms in total. The zero-order valence-electron chi connectivity index (χ0n) is 16.8. The highest BCUT2D eigenvalue weighted by molar-refractivity contribution is 7.17. The molecule has 0 saturated carbocycles. The zero-order valence-corrected chi connectivity index (χ0v) is 17.6. The number of aromatic nitrogens is 2. The second-order valence-electron chi connectivity index (χ2n) is 7.67. The number of primary amides is 1. The van der Waals surface area contributed by atoms with Crippen LogP contribution in [0, 0.1) is 19.8 Å². The molecule has 2 heterocycles. The number of anilines is 1. The molecule has 0 saturated heterocycles. The van der Waals surface area contributed by atoms with Gasteiger partial charge >= 0.3 is 0 Å². The van der Waals surface area contributed by atoms with Crippen molar-refractivity contribution in [3.8, 4) is 5.69 Å². The minimum absolute atomic E-state index is 0.267. The fourth-order valence-electron chi connectivity index (χ4n) is 4.06. The molecule has 150 valence electrons. The molecule has 0 fully saturated rings. The first-order chi connectivity index (χ1) is 13.9. The third-order valence-corrected chi connectivity index (χ3v) is 6.67. The summed E-state index contributed by atoms with van der Waals surface area (Å²) in [5.41, 5.74) is 9.95. The first-order valence-electron chi connectivity index (χ1n) is 9.74. The summed E-state index contributed by atoms with van der Waals surface area (Å²) in [6.45, 7) is 5.89. The number of hydrogen-bond donors (Lipinski definition) is 2. The second kappa shape index (κ2) is 7.48. The molecule has 2 aromatic heterocycles. The van der Waals surface area contributed by atoms with E-state index in [2.05, 4.69) is 17.3 Å². The average Bonchev–Trinajstić information content (AvgIpc) is 3.18. The number of nitrogens with one attached hydrogen (secondary N) is 1. The van der Waals surface area contributed by atoms with Crippen LogP contribution in [-0.4, -0.2) is 21.6 Å². The summed E-state index contributed by atoms with van der Waals surface area (Å²) in [4.78, 5) is 26.4. The molecule has 2 amide bonds. The van der Waals surface area contributed by atoms with E-state index in [4.69, 9.17) is 5.73 Å². The van der Waals surface area contributed by atoms with Crippen LogP contribution in [0.1, 0.15) is 55.9 Å². The molecule has 0 bridgehead atoms. The number of fused-ring (bicyclic) bond motifs is 1. The fourth-order valence-corrected chi connectivity index (χ4v) is 5.47. The van der Waals surface area contributed by atoms with E-state index in [-0.39, 0.29) is 5.91 Å². The van der Waals surface area contributed by atoms with E-state index in [0.29, 0.717) is 27.7 Å². The van der Waals surface area contributed by atoms with Crippen molar-refractivity contribution in [1.29, 1.82) is 0 Å². The Balaban J connectivity index is 1.69. The molecule has 3 aromatic rings. The van der Waals surface area contributed by atoms with Crippen molar-refractivity contribution in [2.45, 2.75) is 40.0 Å². The molecule has 1 aliphatic carbocycles. The quantitative estimate of drug-likeness (QED) is 0.683. The van der Waals surface area contributed by atoms with Gasteiger partial charge in [0, 0.05) is 4.88 Å². The van der Waals surface area contributed by atoms with Gasteiger partial charge in [-0.2, -0.15) is 5.10 Å². The summed E-state index contributed by atoms with van der Waals surface area (Å²) in [6.07, 6.45) is 2.77. The molecule has 0 spiro atoms. The van der Waals surface area contributed by atoms with Crippen LogP contribution in [0.15, 0.2) is 30.3 Å². The van der Waals surface area contributed by atoms with Crippen LogP contribution in [0.2, 0.25) is 0 Å². The first-order valence-corrected chi connectivity index (χ1v) is 10.6. The van der Waals surface area contributed by atoms with Crippen molar-refractivity contribution in [2.24, 2.45) is 11.7 Å². The van der Waals surface area contributed by atoms with E-state index in [9.17, 15) is 9.59 Å². The number of hydrogen-bond acceptors (Lipinski definition) is 4. The lowest BCUT2D eigenvalue weighted by atomic mass is 9.88. The van der Waals surface area contributed by atoms with Crippen molar-refractivity contribution in [3.05, 3.63) is 63.3 Å². The van der Waals surface area contributed by atoms with Crippen LogP contribution >= 0.6 is 11.3 Å². The van der Waals surface area contributed by atoms with Crippen LogP contribution in [0.4, 0.5) is 5.00 Å². The van der Waals surface area contributed by atoms with Gasteiger partial charge in [0.15, 0.2) is 0 Å². The van der Waals surface area contributed by atoms with Gasteiger partial charge in [-0.25, -0.2) is 4.68 Å². The number of para-hydroxylation sites is 1. The lowest BCUT2D eigenvalue weighted by molar-refractivity contribution is 0.1000. The maximum atomic E-state index is 13.1. The monoisotopic (exact) mass is 408 g/mol. The van der Waals surface area contributed by atoms with Gasteiger partial charge in [-0.1, -0.05) is 25.1 Å². The van der Waals surface area contributed by atoms with Gasteiger partial charge in [-0.3, -0.25) is 9.59 Å². The third-order valence-electron chi connectivity index (χ3n) is 5.50. The summed E-state index contributed by atoms with van der Waals surface area (Å²) < 4.78 is 1.76. The third kappa shape index (κ3) is 3.46. The van der Waals surface area contributed by atoms with E-state index < -0.39 is 5.91 Å². The number of benzene rings is 1. The normalized spacial score (nSPS) is 15.8. The minimum Gasteiger partial charge on any atom is -0.365 e. The number of nitrogens with zero attached hydrogens (tertiary/aromatic N) is 2. The SMILES string of the molecule is Cc1nn(-c2ccccc2)c(C)c1C(=O)Nc1sc2c(c1C(N)=O)CC[C@H](C)C2. The molecule has 0 aliphatic heterocycles. The maximum Gasteiger partial charge on any atom is 0.260 e. The first kappa shape index (κ1) is 19.4. The topological polar surface area (TPSA) is 90.0 Å². The Bertz CT molecular complexity index is 1100. The summed E-state index contributed by atoms with van der Waals surface area (Å²) >= 11 is 1.47. The summed E-state index contributed by atoms with van der Waals surface area (Å²) in [5, 5.41) is 8.04. The predicted octanol–water partition coefficient (Wildman–Crippen LogP) is 4.03. The largest absolute Gasteiger partial charge is 0.365 e. The molecule has 1 atom stereocenters.